The lowest BCUT2D eigenvalue weighted by molar-refractivity contribution is 0.196. The highest BCUT2D eigenvalue weighted by molar-refractivity contribution is 7.99. The minimum Gasteiger partial charge on any atom is -0.330 e. The first-order chi connectivity index (χ1) is 6.90. The maximum Gasteiger partial charge on any atom is 0.0194 e. The molecule has 2 unspecified atom stereocenters. The Morgan fingerprint density at radius 3 is 2.93 bits per heavy atom. The summed E-state index contributed by atoms with van der Waals surface area (Å²) in [6, 6.07) is 0.868. The molecule has 0 spiro atoms. The van der Waals surface area contributed by atoms with E-state index in [0.717, 1.165) is 18.5 Å². The minimum absolute atomic E-state index is 0.767. The van der Waals surface area contributed by atoms with Crippen molar-refractivity contribution in [1.29, 1.82) is 0 Å². The van der Waals surface area contributed by atoms with Crippen molar-refractivity contribution in [3.8, 4) is 0 Å². The van der Waals surface area contributed by atoms with Gasteiger partial charge in [0.05, 0.1) is 0 Å². The Balaban J connectivity index is 1.88. The van der Waals surface area contributed by atoms with E-state index < -0.39 is 0 Å². The topological polar surface area (TPSA) is 29.3 Å². The predicted molar refractivity (Wildman–Crippen MR) is 63.7 cm³/mol. The van der Waals surface area contributed by atoms with E-state index in [-0.39, 0.29) is 0 Å². The van der Waals surface area contributed by atoms with Crippen LogP contribution >= 0.6 is 11.8 Å². The summed E-state index contributed by atoms with van der Waals surface area (Å²) in [7, 11) is 0. The largest absolute Gasteiger partial charge is 0.330 e. The van der Waals surface area contributed by atoms with Crippen molar-refractivity contribution in [2.45, 2.75) is 31.7 Å². The molecule has 3 heteroatoms. The Bertz CT molecular complexity index is 169. The summed E-state index contributed by atoms with van der Waals surface area (Å²) in [4.78, 5) is 2.71. The van der Waals surface area contributed by atoms with Gasteiger partial charge in [0.15, 0.2) is 0 Å². The van der Waals surface area contributed by atoms with Gasteiger partial charge in [-0.15, -0.1) is 0 Å². The summed E-state index contributed by atoms with van der Waals surface area (Å²) >= 11 is 2.12. The molecule has 2 nitrogen and oxygen atoms in total. The third-order valence-corrected chi connectivity index (χ3v) is 4.70. The monoisotopic (exact) mass is 214 g/mol. The number of hydrogen-bond donors (Lipinski definition) is 1. The molecular formula is C11H22N2S. The van der Waals surface area contributed by atoms with Crippen LogP contribution in [-0.4, -0.2) is 42.1 Å². The van der Waals surface area contributed by atoms with Crippen LogP contribution in [0.4, 0.5) is 0 Å². The first-order valence-corrected chi connectivity index (χ1v) is 7.07. The first-order valence-electron chi connectivity index (χ1n) is 5.92. The van der Waals surface area contributed by atoms with Gasteiger partial charge in [-0.25, -0.2) is 0 Å². The van der Waals surface area contributed by atoms with E-state index in [1.54, 1.807) is 0 Å². The third-order valence-electron chi connectivity index (χ3n) is 3.56. The molecule has 2 aliphatic rings. The number of nitrogens with two attached hydrogens (primary N) is 1. The van der Waals surface area contributed by atoms with Gasteiger partial charge in [-0.05, 0) is 44.0 Å². The number of nitrogens with zero attached hydrogens (tertiary/aromatic N) is 1. The molecule has 2 saturated heterocycles. The van der Waals surface area contributed by atoms with Crippen LogP contribution in [0.15, 0.2) is 0 Å². The molecule has 2 aliphatic heterocycles. The third kappa shape index (κ3) is 2.65. The Hall–Kier alpha value is 0.270. The second kappa shape index (κ2) is 5.38. The van der Waals surface area contributed by atoms with Gasteiger partial charge in [-0.3, -0.25) is 4.90 Å². The maximum absolute atomic E-state index is 5.80. The number of thioether (sulfide) groups is 1. The van der Waals surface area contributed by atoms with E-state index >= 15 is 0 Å². The van der Waals surface area contributed by atoms with E-state index in [2.05, 4.69) is 16.7 Å². The van der Waals surface area contributed by atoms with Crippen molar-refractivity contribution >= 4 is 11.8 Å². The summed E-state index contributed by atoms with van der Waals surface area (Å²) in [5.41, 5.74) is 5.80. The van der Waals surface area contributed by atoms with E-state index in [1.807, 2.05) is 0 Å². The lowest BCUT2D eigenvalue weighted by atomic mass is 10.0. The Labute approximate surface area is 91.6 Å². The summed E-state index contributed by atoms with van der Waals surface area (Å²) < 4.78 is 0. The zero-order valence-electron chi connectivity index (χ0n) is 8.95. The zero-order chi connectivity index (χ0) is 9.80. The van der Waals surface area contributed by atoms with Crippen LogP contribution in [-0.2, 0) is 0 Å². The van der Waals surface area contributed by atoms with Crippen molar-refractivity contribution in [1.82, 2.24) is 4.90 Å². The van der Waals surface area contributed by atoms with Crippen molar-refractivity contribution in [2.24, 2.45) is 11.7 Å². The highest BCUT2D eigenvalue weighted by Crippen LogP contribution is 2.26. The van der Waals surface area contributed by atoms with Gasteiger partial charge in [0.1, 0.15) is 0 Å². The van der Waals surface area contributed by atoms with Crippen molar-refractivity contribution in [3.63, 3.8) is 0 Å². The molecule has 0 aromatic rings. The summed E-state index contributed by atoms with van der Waals surface area (Å²) in [5.74, 6) is 3.49. The molecule has 2 heterocycles. The normalized spacial score (nSPS) is 35.8. The summed E-state index contributed by atoms with van der Waals surface area (Å²) in [6.07, 6.45) is 5.53. The molecule has 0 aliphatic carbocycles. The van der Waals surface area contributed by atoms with E-state index in [4.69, 9.17) is 5.73 Å². The zero-order valence-corrected chi connectivity index (χ0v) is 9.77. The van der Waals surface area contributed by atoms with Crippen LogP contribution < -0.4 is 5.73 Å². The van der Waals surface area contributed by atoms with Crippen molar-refractivity contribution in [2.75, 3.05) is 31.1 Å². The number of hydrogen-bond acceptors (Lipinski definition) is 3. The van der Waals surface area contributed by atoms with E-state index in [1.165, 1.54) is 50.3 Å². The van der Waals surface area contributed by atoms with Crippen LogP contribution in [0.5, 0.6) is 0 Å². The van der Waals surface area contributed by atoms with Gasteiger partial charge in [-0.1, -0.05) is 6.42 Å². The molecule has 0 aromatic carbocycles. The SMILES string of the molecule is NCC1CCCCN(C2CCSC2)C1. The van der Waals surface area contributed by atoms with Gasteiger partial charge >= 0.3 is 0 Å². The van der Waals surface area contributed by atoms with Gasteiger partial charge < -0.3 is 5.73 Å². The molecular weight excluding hydrogens is 192 g/mol. The summed E-state index contributed by atoms with van der Waals surface area (Å²) in [6.45, 7) is 3.47. The van der Waals surface area contributed by atoms with Gasteiger partial charge in [-0.2, -0.15) is 11.8 Å². The fourth-order valence-corrected chi connectivity index (χ4v) is 3.85. The van der Waals surface area contributed by atoms with Crippen LogP contribution in [0.1, 0.15) is 25.7 Å². The second-order valence-electron chi connectivity index (χ2n) is 4.61. The molecule has 0 aromatic heterocycles. The Morgan fingerprint density at radius 1 is 1.29 bits per heavy atom. The highest BCUT2D eigenvalue weighted by atomic mass is 32.2. The molecule has 0 amide bonds. The average Bonchev–Trinajstić information content (AvgIpc) is 2.63. The van der Waals surface area contributed by atoms with Crippen LogP contribution in [0.3, 0.4) is 0 Å². The van der Waals surface area contributed by atoms with E-state index in [0.29, 0.717) is 0 Å². The van der Waals surface area contributed by atoms with Crippen LogP contribution in [0, 0.1) is 5.92 Å². The van der Waals surface area contributed by atoms with Crippen molar-refractivity contribution < 1.29 is 0 Å². The fraction of sp³-hybridized carbons (Fsp3) is 1.00. The second-order valence-corrected chi connectivity index (χ2v) is 5.76. The smallest absolute Gasteiger partial charge is 0.0194 e. The number of likely N-dealkylation sites (tertiary alicyclic amines) is 1. The Kier molecular flexibility index (Phi) is 4.14. The lowest BCUT2D eigenvalue weighted by Gasteiger charge is -2.29. The summed E-state index contributed by atoms with van der Waals surface area (Å²) in [5, 5.41) is 0. The quantitative estimate of drug-likeness (QED) is 0.756. The van der Waals surface area contributed by atoms with Gasteiger partial charge in [0.2, 0.25) is 0 Å². The molecule has 2 N–H and O–H groups in total. The molecule has 2 atom stereocenters. The maximum atomic E-state index is 5.80. The standard InChI is InChI=1S/C11H22N2S/c12-7-10-3-1-2-5-13(8-10)11-4-6-14-9-11/h10-11H,1-9,12H2. The fourth-order valence-electron chi connectivity index (χ4n) is 2.60. The molecule has 82 valence electrons. The van der Waals surface area contributed by atoms with E-state index in [9.17, 15) is 0 Å². The van der Waals surface area contributed by atoms with Crippen LogP contribution in [0.2, 0.25) is 0 Å². The molecule has 0 bridgehead atoms. The number of rotatable bonds is 2. The molecule has 14 heavy (non-hydrogen) atoms. The van der Waals surface area contributed by atoms with Gasteiger partial charge in [0, 0.05) is 18.3 Å². The average molecular weight is 214 g/mol. The molecule has 0 radical (unpaired) electrons. The Morgan fingerprint density at radius 2 is 2.21 bits per heavy atom. The highest BCUT2D eigenvalue weighted by Gasteiger charge is 2.26. The molecule has 0 saturated carbocycles. The first kappa shape index (κ1) is 10.8. The lowest BCUT2D eigenvalue weighted by Crippen LogP contribution is -2.39. The minimum atomic E-state index is 0.767. The van der Waals surface area contributed by atoms with Crippen LogP contribution in [0.25, 0.3) is 0 Å². The predicted octanol–water partition coefficient (Wildman–Crippen LogP) is 1.55. The van der Waals surface area contributed by atoms with Crippen molar-refractivity contribution in [3.05, 3.63) is 0 Å². The molecule has 2 rings (SSSR count). The van der Waals surface area contributed by atoms with Gasteiger partial charge in [0.25, 0.3) is 0 Å². The molecule has 2 fully saturated rings.